The first-order chi connectivity index (χ1) is 15.0. The summed E-state index contributed by atoms with van der Waals surface area (Å²) in [6.45, 7) is 6.54. The minimum absolute atomic E-state index is 0.220. The summed E-state index contributed by atoms with van der Waals surface area (Å²) in [5, 5.41) is 3.10. The van der Waals surface area contributed by atoms with Crippen LogP contribution in [0.25, 0.3) is 11.7 Å². The zero-order chi connectivity index (χ0) is 22.0. The predicted octanol–water partition coefficient (Wildman–Crippen LogP) is 4.00. The summed E-state index contributed by atoms with van der Waals surface area (Å²) in [6.07, 6.45) is 4.91. The van der Waals surface area contributed by atoms with E-state index in [2.05, 4.69) is 16.9 Å². The third-order valence-corrected chi connectivity index (χ3v) is 6.17. The van der Waals surface area contributed by atoms with E-state index in [1.807, 2.05) is 37.3 Å². The lowest BCUT2D eigenvalue weighted by molar-refractivity contribution is -0.122. The molecule has 1 aliphatic rings. The minimum atomic E-state index is -0.263. The van der Waals surface area contributed by atoms with Crippen LogP contribution in [0.4, 0.5) is 5.82 Å². The Morgan fingerprint density at radius 3 is 2.71 bits per heavy atom. The predicted molar refractivity (Wildman–Crippen MR) is 130 cm³/mol. The molecule has 0 radical (unpaired) electrons. The summed E-state index contributed by atoms with van der Waals surface area (Å²) in [7, 11) is 0. The highest BCUT2D eigenvalue weighted by atomic mass is 32.2. The van der Waals surface area contributed by atoms with Gasteiger partial charge < -0.3 is 5.32 Å². The van der Waals surface area contributed by atoms with E-state index >= 15 is 0 Å². The lowest BCUT2D eigenvalue weighted by Crippen LogP contribution is -2.27. The van der Waals surface area contributed by atoms with Crippen molar-refractivity contribution in [2.24, 2.45) is 0 Å². The van der Waals surface area contributed by atoms with E-state index < -0.39 is 0 Å². The molecule has 1 aliphatic heterocycles. The molecule has 0 saturated carbocycles. The highest BCUT2D eigenvalue weighted by molar-refractivity contribution is 8.26. The van der Waals surface area contributed by atoms with Crippen molar-refractivity contribution in [3.05, 3.63) is 93.3 Å². The van der Waals surface area contributed by atoms with E-state index in [-0.39, 0.29) is 11.5 Å². The topological polar surface area (TPSA) is 66.7 Å². The number of hydrogen-bond acceptors (Lipinski definition) is 6. The molecule has 0 spiro atoms. The van der Waals surface area contributed by atoms with Gasteiger partial charge in [-0.15, -0.1) is 6.58 Å². The number of fused-ring (bicyclic) bond motifs is 1. The Kier molecular flexibility index (Phi) is 6.01. The molecular weight excluding hydrogens is 428 g/mol. The summed E-state index contributed by atoms with van der Waals surface area (Å²) in [4.78, 5) is 32.7. The van der Waals surface area contributed by atoms with Crippen LogP contribution in [0.3, 0.4) is 0 Å². The van der Waals surface area contributed by atoms with Gasteiger partial charge >= 0.3 is 0 Å². The molecule has 31 heavy (non-hydrogen) atoms. The van der Waals surface area contributed by atoms with Gasteiger partial charge in [-0.25, -0.2) is 4.98 Å². The third-order valence-electron chi connectivity index (χ3n) is 4.79. The van der Waals surface area contributed by atoms with Gasteiger partial charge in [-0.2, -0.15) is 0 Å². The zero-order valence-corrected chi connectivity index (χ0v) is 18.5. The van der Waals surface area contributed by atoms with Crippen molar-refractivity contribution in [2.75, 3.05) is 11.9 Å². The molecule has 2 aromatic heterocycles. The van der Waals surface area contributed by atoms with Crippen LogP contribution in [0, 0.1) is 6.92 Å². The fourth-order valence-electron chi connectivity index (χ4n) is 3.18. The number of rotatable bonds is 6. The molecule has 4 rings (SSSR count). The van der Waals surface area contributed by atoms with E-state index in [0.29, 0.717) is 39.3 Å². The van der Waals surface area contributed by atoms with Gasteiger partial charge in [0.25, 0.3) is 11.5 Å². The molecule has 0 aliphatic carbocycles. The average Bonchev–Trinajstić information content (AvgIpc) is 3.03. The van der Waals surface area contributed by atoms with Crippen molar-refractivity contribution in [3.8, 4) is 0 Å². The van der Waals surface area contributed by atoms with E-state index in [9.17, 15) is 9.59 Å². The smallest absolute Gasteiger partial charge is 0.267 e. The van der Waals surface area contributed by atoms with Gasteiger partial charge in [0, 0.05) is 12.7 Å². The summed E-state index contributed by atoms with van der Waals surface area (Å²) in [5.41, 5.74) is 2.70. The van der Waals surface area contributed by atoms with E-state index in [4.69, 9.17) is 12.2 Å². The number of aromatic nitrogens is 2. The van der Waals surface area contributed by atoms with Crippen molar-refractivity contribution in [3.63, 3.8) is 0 Å². The molecule has 1 saturated heterocycles. The number of benzene rings is 1. The Bertz CT molecular complexity index is 1280. The SMILES string of the molecule is C=CCNc1nc2ccccn2c(=O)c1C=C1SC(=S)N(Cc2ccc(C)cc2)C1=O. The number of amides is 1. The molecule has 1 fully saturated rings. The number of nitrogens with zero attached hydrogens (tertiary/aromatic N) is 3. The Balaban J connectivity index is 1.72. The Hall–Kier alpha value is -3.23. The second kappa shape index (κ2) is 8.87. The molecule has 3 aromatic rings. The van der Waals surface area contributed by atoms with Crippen LogP contribution in [-0.2, 0) is 11.3 Å². The number of pyridine rings is 1. The zero-order valence-electron chi connectivity index (χ0n) is 16.9. The van der Waals surface area contributed by atoms with Crippen LogP contribution in [0.1, 0.15) is 16.7 Å². The van der Waals surface area contributed by atoms with Crippen LogP contribution in [-0.4, -0.2) is 31.1 Å². The standard InChI is InChI=1S/C23H20N4O2S2/c1-3-11-24-20-17(21(28)26-12-5-4-6-19(26)25-20)13-18-22(29)27(23(30)31-18)14-16-9-7-15(2)8-10-16/h3-10,12-13,24H,1,11,14H2,2H3. The van der Waals surface area contributed by atoms with Gasteiger partial charge in [-0.3, -0.25) is 18.9 Å². The monoisotopic (exact) mass is 448 g/mol. The number of aryl methyl sites for hydroxylation is 1. The molecule has 1 N–H and O–H groups in total. The van der Waals surface area contributed by atoms with Crippen LogP contribution in [0.5, 0.6) is 0 Å². The molecule has 156 valence electrons. The molecular formula is C23H20N4O2S2. The van der Waals surface area contributed by atoms with Crippen LogP contribution in [0.2, 0.25) is 0 Å². The molecule has 3 heterocycles. The second-order valence-electron chi connectivity index (χ2n) is 7.03. The maximum atomic E-state index is 13.1. The Labute approximate surface area is 189 Å². The van der Waals surface area contributed by atoms with Crippen LogP contribution < -0.4 is 10.9 Å². The number of carbonyl (C=O) groups is 1. The summed E-state index contributed by atoms with van der Waals surface area (Å²) >= 11 is 6.64. The molecule has 1 aromatic carbocycles. The number of hydrogen-bond donors (Lipinski definition) is 1. The van der Waals surface area contributed by atoms with Gasteiger partial charge in [-0.05, 0) is 30.7 Å². The number of thiocarbonyl (C=S) groups is 1. The van der Waals surface area contributed by atoms with Gasteiger partial charge in [0.1, 0.15) is 15.8 Å². The third kappa shape index (κ3) is 4.30. The minimum Gasteiger partial charge on any atom is -0.366 e. The molecule has 1 amide bonds. The Morgan fingerprint density at radius 2 is 1.97 bits per heavy atom. The van der Waals surface area contributed by atoms with E-state index in [0.717, 1.165) is 11.1 Å². The van der Waals surface area contributed by atoms with E-state index in [1.54, 1.807) is 35.4 Å². The Morgan fingerprint density at radius 1 is 1.19 bits per heavy atom. The van der Waals surface area contributed by atoms with E-state index in [1.165, 1.54) is 16.2 Å². The first-order valence-corrected chi connectivity index (χ1v) is 10.9. The number of nitrogens with one attached hydrogen (secondary N) is 1. The highest BCUT2D eigenvalue weighted by Crippen LogP contribution is 2.34. The number of thioether (sulfide) groups is 1. The van der Waals surface area contributed by atoms with Gasteiger partial charge in [0.15, 0.2) is 0 Å². The van der Waals surface area contributed by atoms with Crippen LogP contribution in [0.15, 0.2) is 71.0 Å². The summed E-state index contributed by atoms with van der Waals surface area (Å²) in [6, 6.07) is 13.3. The van der Waals surface area contributed by atoms with Crippen molar-refractivity contribution < 1.29 is 4.79 Å². The fourth-order valence-corrected chi connectivity index (χ4v) is 4.42. The molecule has 0 unspecified atom stereocenters. The molecule has 0 atom stereocenters. The van der Waals surface area contributed by atoms with Gasteiger partial charge in [0.2, 0.25) is 0 Å². The molecule has 0 bridgehead atoms. The quantitative estimate of drug-likeness (QED) is 0.349. The highest BCUT2D eigenvalue weighted by Gasteiger charge is 2.32. The molecule has 6 nitrogen and oxygen atoms in total. The van der Waals surface area contributed by atoms with Crippen molar-refractivity contribution in [1.82, 2.24) is 14.3 Å². The normalized spacial score (nSPS) is 15.1. The summed E-state index contributed by atoms with van der Waals surface area (Å²) < 4.78 is 1.92. The van der Waals surface area contributed by atoms with Crippen LogP contribution >= 0.6 is 24.0 Å². The maximum Gasteiger partial charge on any atom is 0.267 e. The van der Waals surface area contributed by atoms with Gasteiger partial charge in [-0.1, -0.05) is 66.0 Å². The summed E-state index contributed by atoms with van der Waals surface area (Å²) in [5.74, 6) is 0.183. The first-order valence-electron chi connectivity index (χ1n) is 9.65. The van der Waals surface area contributed by atoms with Crippen molar-refractivity contribution in [1.29, 1.82) is 0 Å². The largest absolute Gasteiger partial charge is 0.366 e. The lowest BCUT2D eigenvalue weighted by Gasteiger charge is -2.14. The fraction of sp³-hybridized carbons (Fsp3) is 0.130. The second-order valence-corrected chi connectivity index (χ2v) is 8.71. The average molecular weight is 449 g/mol. The van der Waals surface area contributed by atoms with Crippen molar-refractivity contribution in [2.45, 2.75) is 13.5 Å². The van der Waals surface area contributed by atoms with Crippen molar-refractivity contribution >= 4 is 51.7 Å². The lowest BCUT2D eigenvalue weighted by atomic mass is 10.1. The maximum absolute atomic E-state index is 13.1. The number of carbonyl (C=O) groups excluding carboxylic acids is 1. The molecule has 8 heteroatoms. The number of anilines is 1. The van der Waals surface area contributed by atoms with Gasteiger partial charge in [0.05, 0.1) is 17.0 Å². The first kappa shape index (κ1) is 21.0.